The molecule has 0 aromatic heterocycles. The minimum Gasteiger partial charge on any atom is -0.493 e. The number of hydrogen-bond acceptors (Lipinski definition) is 2. The lowest BCUT2D eigenvalue weighted by Crippen LogP contribution is -2.21. The van der Waals surface area contributed by atoms with E-state index >= 15 is 0 Å². The lowest BCUT2D eigenvalue weighted by Gasteiger charge is -2.11. The second-order valence-corrected chi connectivity index (χ2v) is 4.72. The molecule has 0 fully saturated rings. The molecule has 0 aliphatic carbocycles. The lowest BCUT2D eigenvalue weighted by atomic mass is 10.0. The van der Waals surface area contributed by atoms with Gasteiger partial charge < -0.3 is 10.5 Å². The predicted molar refractivity (Wildman–Crippen MR) is 73.4 cm³/mol. The van der Waals surface area contributed by atoms with E-state index in [4.69, 9.17) is 10.5 Å². The van der Waals surface area contributed by atoms with Crippen LogP contribution in [0.5, 0.6) is 5.75 Å². The minimum absolute atomic E-state index is 0.0831. The molecule has 0 aliphatic rings. The van der Waals surface area contributed by atoms with Crippen molar-refractivity contribution in [3.05, 3.63) is 29.6 Å². The molecule has 2 N–H and O–H groups in total. The summed E-state index contributed by atoms with van der Waals surface area (Å²) in [6.07, 6.45) is 4.89. The fourth-order valence-corrected chi connectivity index (χ4v) is 1.81. The predicted octanol–water partition coefficient (Wildman–Crippen LogP) is 3.67. The quantitative estimate of drug-likeness (QED) is 0.717. The van der Waals surface area contributed by atoms with E-state index in [2.05, 4.69) is 6.92 Å². The largest absolute Gasteiger partial charge is 0.493 e. The molecular formula is C15H24FNO. The molecule has 0 spiro atoms. The molecule has 2 nitrogen and oxygen atoms in total. The zero-order valence-corrected chi connectivity index (χ0v) is 11.4. The highest BCUT2D eigenvalue weighted by atomic mass is 19.1. The SMILES string of the molecule is CCCCCOc1cc(F)cc(CC(N)CC)c1. The van der Waals surface area contributed by atoms with Crippen LogP contribution in [0.4, 0.5) is 4.39 Å². The number of hydrogen-bond donors (Lipinski definition) is 1. The third-order valence-electron chi connectivity index (χ3n) is 2.97. The normalized spacial score (nSPS) is 12.4. The van der Waals surface area contributed by atoms with Gasteiger partial charge in [-0.15, -0.1) is 0 Å². The van der Waals surface area contributed by atoms with E-state index in [9.17, 15) is 4.39 Å². The van der Waals surface area contributed by atoms with E-state index in [0.717, 1.165) is 31.2 Å². The van der Waals surface area contributed by atoms with Crippen molar-refractivity contribution in [3.63, 3.8) is 0 Å². The summed E-state index contributed by atoms with van der Waals surface area (Å²) in [4.78, 5) is 0. The fourth-order valence-electron chi connectivity index (χ4n) is 1.81. The van der Waals surface area contributed by atoms with Gasteiger partial charge in [-0.3, -0.25) is 0 Å². The topological polar surface area (TPSA) is 35.2 Å². The summed E-state index contributed by atoms with van der Waals surface area (Å²) in [5.74, 6) is 0.366. The Kier molecular flexibility index (Phi) is 6.73. The van der Waals surface area contributed by atoms with Crippen molar-refractivity contribution in [1.29, 1.82) is 0 Å². The molecule has 18 heavy (non-hydrogen) atoms. The van der Waals surface area contributed by atoms with E-state index in [0.29, 0.717) is 18.8 Å². The molecule has 0 radical (unpaired) electrons. The summed E-state index contributed by atoms with van der Waals surface area (Å²) >= 11 is 0. The minimum atomic E-state index is -0.249. The van der Waals surface area contributed by atoms with Gasteiger partial charge in [-0.25, -0.2) is 4.39 Å². The molecule has 102 valence electrons. The Morgan fingerprint density at radius 2 is 2.00 bits per heavy atom. The van der Waals surface area contributed by atoms with Crippen LogP contribution in [0, 0.1) is 5.82 Å². The second kappa shape index (κ2) is 8.09. The average molecular weight is 253 g/mol. The third kappa shape index (κ3) is 5.50. The van der Waals surface area contributed by atoms with Gasteiger partial charge >= 0.3 is 0 Å². The van der Waals surface area contributed by atoms with Crippen LogP contribution < -0.4 is 10.5 Å². The molecule has 3 heteroatoms. The van der Waals surface area contributed by atoms with Gasteiger partial charge in [0.15, 0.2) is 0 Å². The van der Waals surface area contributed by atoms with Crippen molar-refractivity contribution < 1.29 is 9.13 Å². The Labute approximate surface area is 109 Å². The van der Waals surface area contributed by atoms with Gasteiger partial charge in [-0.05, 0) is 37.0 Å². The Morgan fingerprint density at radius 3 is 2.67 bits per heavy atom. The van der Waals surface area contributed by atoms with Crippen molar-refractivity contribution in [1.82, 2.24) is 0 Å². The Bertz CT molecular complexity index is 354. The average Bonchev–Trinajstić information content (AvgIpc) is 2.34. The van der Waals surface area contributed by atoms with Crippen molar-refractivity contribution >= 4 is 0 Å². The molecule has 1 aromatic carbocycles. The van der Waals surface area contributed by atoms with E-state index in [1.165, 1.54) is 12.1 Å². The number of unbranched alkanes of at least 4 members (excludes halogenated alkanes) is 2. The first-order valence-electron chi connectivity index (χ1n) is 6.83. The highest BCUT2D eigenvalue weighted by Gasteiger charge is 2.06. The molecule has 1 rings (SSSR count). The highest BCUT2D eigenvalue weighted by Crippen LogP contribution is 2.18. The summed E-state index contributed by atoms with van der Waals surface area (Å²) in [6, 6.07) is 4.95. The van der Waals surface area contributed by atoms with Crippen LogP contribution in [-0.2, 0) is 6.42 Å². The van der Waals surface area contributed by atoms with Crippen LogP contribution in [0.1, 0.15) is 45.1 Å². The standard InChI is InChI=1S/C15H24FNO/c1-3-5-6-7-18-15-10-12(8-13(16)11-15)9-14(17)4-2/h8,10-11,14H,3-7,9,17H2,1-2H3. The molecule has 0 heterocycles. The molecule has 0 bridgehead atoms. The lowest BCUT2D eigenvalue weighted by molar-refractivity contribution is 0.304. The molecule has 1 atom stereocenters. The number of nitrogens with two attached hydrogens (primary N) is 1. The van der Waals surface area contributed by atoms with Gasteiger partial charge in [0, 0.05) is 12.1 Å². The van der Waals surface area contributed by atoms with Gasteiger partial charge in [-0.2, -0.15) is 0 Å². The summed E-state index contributed by atoms with van der Waals surface area (Å²) in [6.45, 7) is 4.83. The first-order chi connectivity index (χ1) is 8.65. The van der Waals surface area contributed by atoms with Crippen molar-refractivity contribution in [3.8, 4) is 5.75 Å². The first-order valence-corrected chi connectivity index (χ1v) is 6.83. The van der Waals surface area contributed by atoms with Gasteiger partial charge in [-0.1, -0.05) is 26.7 Å². The Morgan fingerprint density at radius 1 is 1.22 bits per heavy atom. The summed E-state index contributed by atoms with van der Waals surface area (Å²) in [7, 11) is 0. The zero-order chi connectivity index (χ0) is 13.4. The van der Waals surface area contributed by atoms with Crippen LogP contribution >= 0.6 is 0 Å². The monoisotopic (exact) mass is 253 g/mol. The van der Waals surface area contributed by atoms with E-state index < -0.39 is 0 Å². The van der Waals surface area contributed by atoms with Crippen LogP contribution in [0.25, 0.3) is 0 Å². The molecule has 0 saturated heterocycles. The van der Waals surface area contributed by atoms with Crippen LogP contribution in [0.15, 0.2) is 18.2 Å². The number of halogens is 1. The summed E-state index contributed by atoms with van der Waals surface area (Å²) in [5, 5.41) is 0. The van der Waals surface area contributed by atoms with E-state index in [1.807, 2.05) is 13.0 Å². The van der Waals surface area contributed by atoms with Gasteiger partial charge in [0.05, 0.1) is 6.61 Å². The van der Waals surface area contributed by atoms with Crippen LogP contribution in [0.2, 0.25) is 0 Å². The third-order valence-corrected chi connectivity index (χ3v) is 2.97. The fraction of sp³-hybridized carbons (Fsp3) is 0.600. The maximum Gasteiger partial charge on any atom is 0.127 e. The maximum atomic E-state index is 13.4. The zero-order valence-electron chi connectivity index (χ0n) is 11.4. The first kappa shape index (κ1) is 15.0. The molecule has 0 amide bonds. The van der Waals surface area contributed by atoms with E-state index in [1.54, 1.807) is 0 Å². The molecular weight excluding hydrogens is 229 g/mol. The number of ether oxygens (including phenoxy) is 1. The smallest absolute Gasteiger partial charge is 0.127 e. The maximum absolute atomic E-state index is 13.4. The van der Waals surface area contributed by atoms with Crippen LogP contribution in [0.3, 0.4) is 0 Å². The summed E-state index contributed by atoms with van der Waals surface area (Å²) in [5.41, 5.74) is 6.79. The number of rotatable bonds is 8. The van der Waals surface area contributed by atoms with Gasteiger partial charge in [0.1, 0.15) is 11.6 Å². The Hall–Kier alpha value is -1.09. The van der Waals surface area contributed by atoms with Crippen molar-refractivity contribution in [2.75, 3.05) is 6.61 Å². The molecule has 0 saturated carbocycles. The molecule has 1 aromatic rings. The highest BCUT2D eigenvalue weighted by molar-refractivity contribution is 5.30. The van der Waals surface area contributed by atoms with Crippen LogP contribution in [-0.4, -0.2) is 12.6 Å². The summed E-state index contributed by atoms with van der Waals surface area (Å²) < 4.78 is 19.0. The van der Waals surface area contributed by atoms with Gasteiger partial charge in [0.25, 0.3) is 0 Å². The number of benzene rings is 1. The Balaban J connectivity index is 2.57. The molecule has 0 aliphatic heterocycles. The van der Waals surface area contributed by atoms with Gasteiger partial charge in [0.2, 0.25) is 0 Å². The molecule has 1 unspecified atom stereocenters. The second-order valence-electron chi connectivity index (χ2n) is 4.72. The van der Waals surface area contributed by atoms with Crippen molar-refractivity contribution in [2.24, 2.45) is 5.73 Å². The van der Waals surface area contributed by atoms with Crippen molar-refractivity contribution in [2.45, 2.75) is 52.0 Å². The van der Waals surface area contributed by atoms with E-state index in [-0.39, 0.29) is 11.9 Å².